The Labute approximate surface area is 142 Å². The summed E-state index contributed by atoms with van der Waals surface area (Å²) in [5, 5.41) is 2.05. The molecule has 24 heavy (non-hydrogen) atoms. The van der Waals surface area contributed by atoms with Crippen molar-refractivity contribution >= 4 is 17.2 Å². The summed E-state index contributed by atoms with van der Waals surface area (Å²) in [6.07, 6.45) is -2.46. The van der Waals surface area contributed by atoms with Crippen molar-refractivity contribution < 1.29 is 18.0 Å². The van der Waals surface area contributed by atoms with E-state index in [1.807, 2.05) is 0 Å². The maximum absolute atomic E-state index is 12.8. The molecule has 128 valence electrons. The summed E-state index contributed by atoms with van der Waals surface area (Å²) in [4.78, 5) is 18.5. The van der Waals surface area contributed by atoms with Crippen LogP contribution in [-0.4, -0.2) is 28.9 Å². The number of amides is 1. The van der Waals surface area contributed by atoms with Gasteiger partial charge in [0.25, 0.3) is 5.91 Å². The molecule has 0 spiro atoms. The van der Waals surface area contributed by atoms with E-state index >= 15 is 0 Å². The standard InChI is InChI=1S/C17H17F3N2OS/c1-11-5-7-22(8-6-11)16(23)14-10-24-15(21-14)12-3-2-4-13(9-12)17(18,19)20/h2-4,9-11H,5-8H2,1H3. The lowest BCUT2D eigenvalue weighted by atomic mass is 9.99. The lowest BCUT2D eigenvalue weighted by Crippen LogP contribution is -2.38. The molecule has 1 saturated heterocycles. The average molecular weight is 354 g/mol. The second-order valence-electron chi connectivity index (χ2n) is 6.09. The van der Waals surface area contributed by atoms with Crippen molar-refractivity contribution in [2.24, 2.45) is 5.92 Å². The first-order valence-electron chi connectivity index (χ1n) is 7.77. The minimum atomic E-state index is -4.39. The number of carbonyl (C=O) groups excluding carboxylic acids is 1. The number of rotatable bonds is 2. The third-order valence-electron chi connectivity index (χ3n) is 4.23. The van der Waals surface area contributed by atoms with Crippen molar-refractivity contribution in [1.29, 1.82) is 0 Å². The van der Waals surface area contributed by atoms with E-state index in [9.17, 15) is 18.0 Å². The molecule has 0 N–H and O–H groups in total. The monoisotopic (exact) mass is 354 g/mol. The van der Waals surface area contributed by atoms with Crippen molar-refractivity contribution in [2.45, 2.75) is 25.9 Å². The van der Waals surface area contributed by atoms with Crippen LogP contribution in [0.3, 0.4) is 0 Å². The molecule has 0 bridgehead atoms. The fraction of sp³-hybridized carbons (Fsp3) is 0.412. The molecular weight excluding hydrogens is 337 g/mol. The summed E-state index contributed by atoms with van der Waals surface area (Å²) < 4.78 is 38.4. The van der Waals surface area contributed by atoms with E-state index in [-0.39, 0.29) is 5.91 Å². The summed E-state index contributed by atoms with van der Waals surface area (Å²) in [5.74, 6) is 0.474. The predicted molar refractivity (Wildman–Crippen MR) is 86.9 cm³/mol. The fourth-order valence-electron chi connectivity index (χ4n) is 2.71. The highest BCUT2D eigenvalue weighted by Gasteiger charge is 2.31. The van der Waals surface area contributed by atoms with E-state index in [1.54, 1.807) is 16.3 Å². The van der Waals surface area contributed by atoms with Crippen molar-refractivity contribution in [3.63, 3.8) is 0 Å². The van der Waals surface area contributed by atoms with E-state index in [2.05, 4.69) is 11.9 Å². The topological polar surface area (TPSA) is 33.2 Å². The number of nitrogens with zero attached hydrogens (tertiary/aromatic N) is 2. The minimum absolute atomic E-state index is 0.142. The van der Waals surface area contributed by atoms with Crippen LogP contribution in [0.5, 0.6) is 0 Å². The summed E-state index contributed by atoms with van der Waals surface area (Å²) >= 11 is 1.19. The van der Waals surface area contributed by atoms with E-state index in [1.165, 1.54) is 17.4 Å². The van der Waals surface area contributed by atoms with Gasteiger partial charge in [-0.15, -0.1) is 11.3 Å². The summed E-state index contributed by atoms with van der Waals surface area (Å²) in [7, 11) is 0. The van der Waals surface area contributed by atoms with Crippen LogP contribution in [0, 0.1) is 5.92 Å². The third kappa shape index (κ3) is 3.61. The van der Waals surface area contributed by atoms with Gasteiger partial charge >= 0.3 is 6.18 Å². The number of aromatic nitrogens is 1. The second kappa shape index (κ2) is 6.55. The van der Waals surface area contributed by atoms with Crippen LogP contribution in [-0.2, 0) is 6.18 Å². The lowest BCUT2D eigenvalue weighted by molar-refractivity contribution is -0.137. The molecule has 0 radical (unpaired) electrons. The highest BCUT2D eigenvalue weighted by molar-refractivity contribution is 7.13. The number of benzene rings is 1. The van der Waals surface area contributed by atoms with Crippen molar-refractivity contribution in [3.8, 4) is 10.6 Å². The molecular formula is C17H17F3N2OS. The zero-order valence-electron chi connectivity index (χ0n) is 13.1. The van der Waals surface area contributed by atoms with E-state index in [0.717, 1.165) is 25.0 Å². The molecule has 1 aliphatic rings. The first-order chi connectivity index (χ1) is 11.3. The van der Waals surface area contributed by atoms with Gasteiger partial charge in [0, 0.05) is 24.0 Å². The first kappa shape index (κ1) is 17.0. The quantitative estimate of drug-likeness (QED) is 0.783. The molecule has 1 fully saturated rings. The molecule has 3 rings (SSSR count). The van der Waals surface area contributed by atoms with Gasteiger partial charge in [-0.2, -0.15) is 13.2 Å². The zero-order chi connectivity index (χ0) is 17.3. The molecule has 1 aliphatic heterocycles. The van der Waals surface area contributed by atoms with Gasteiger partial charge in [0.15, 0.2) is 0 Å². The van der Waals surface area contributed by atoms with Crippen molar-refractivity contribution in [1.82, 2.24) is 9.88 Å². The molecule has 0 unspecified atom stereocenters. The summed E-state index contributed by atoms with van der Waals surface area (Å²) in [5.41, 5.74) is -0.0313. The molecule has 0 aliphatic carbocycles. The Morgan fingerprint density at radius 1 is 1.29 bits per heavy atom. The number of hydrogen-bond acceptors (Lipinski definition) is 3. The highest BCUT2D eigenvalue weighted by atomic mass is 32.1. The SMILES string of the molecule is CC1CCN(C(=O)c2csc(-c3cccc(C(F)(F)F)c3)n2)CC1. The number of halogens is 3. The minimum Gasteiger partial charge on any atom is -0.337 e. The molecule has 1 aromatic heterocycles. The van der Waals surface area contributed by atoms with Gasteiger partial charge in [-0.3, -0.25) is 4.79 Å². The number of piperidine rings is 1. The van der Waals surface area contributed by atoms with Crippen LogP contribution in [0.1, 0.15) is 35.8 Å². The average Bonchev–Trinajstić information content (AvgIpc) is 3.04. The Balaban J connectivity index is 1.79. The van der Waals surface area contributed by atoms with E-state index < -0.39 is 11.7 Å². The number of thiazole rings is 1. The maximum Gasteiger partial charge on any atom is 0.416 e. The van der Waals surface area contributed by atoms with Crippen LogP contribution in [0.4, 0.5) is 13.2 Å². The van der Waals surface area contributed by atoms with E-state index in [4.69, 9.17) is 0 Å². The smallest absolute Gasteiger partial charge is 0.337 e. The number of alkyl halides is 3. The Morgan fingerprint density at radius 2 is 2.00 bits per heavy atom. The fourth-order valence-corrected chi connectivity index (χ4v) is 3.50. The van der Waals surface area contributed by atoms with Crippen LogP contribution in [0.2, 0.25) is 0 Å². The molecule has 1 amide bonds. The number of carbonyl (C=O) groups is 1. The molecule has 7 heteroatoms. The van der Waals surface area contributed by atoms with Crippen LogP contribution < -0.4 is 0 Å². The Bertz CT molecular complexity index is 733. The number of hydrogen-bond donors (Lipinski definition) is 0. The molecule has 0 atom stereocenters. The van der Waals surface area contributed by atoms with Gasteiger partial charge in [-0.1, -0.05) is 19.1 Å². The molecule has 2 aromatic rings. The second-order valence-corrected chi connectivity index (χ2v) is 6.95. The lowest BCUT2D eigenvalue weighted by Gasteiger charge is -2.29. The molecule has 1 aromatic carbocycles. The van der Waals surface area contributed by atoms with E-state index in [0.29, 0.717) is 35.3 Å². The summed E-state index contributed by atoms with van der Waals surface area (Å²) in [6.45, 7) is 3.57. The van der Waals surface area contributed by atoms with Crippen molar-refractivity contribution in [3.05, 3.63) is 40.9 Å². The van der Waals surface area contributed by atoms with Crippen LogP contribution in [0.25, 0.3) is 10.6 Å². The van der Waals surface area contributed by atoms with Gasteiger partial charge in [0.1, 0.15) is 10.7 Å². The third-order valence-corrected chi connectivity index (χ3v) is 5.12. The highest BCUT2D eigenvalue weighted by Crippen LogP contribution is 2.33. The molecule has 2 heterocycles. The van der Waals surface area contributed by atoms with Gasteiger partial charge in [0.2, 0.25) is 0 Å². The van der Waals surface area contributed by atoms with Crippen LogP contribution in [0.15, 0.2) is 29.6 Å². The number of likely N-dealkylation sites (tertiary alicyclic amines) is 1. The Morgan fingerprint density at radius 3 is 2.67 bits per heavy atom. The van der Waals surface area contributed by atoms with Gasteiger partial charge in [-0.25, -0.2) is 4.98 Å². The molecule has 0 saturated carbocycles. The summed E-state index contributed by atoms with van der Waals surface area (Å²) in [6, 6.07) is 5.02. The van der Waals surface area contributed by atoms with Gasteiger partial charge in [-0.05, 0) is 30.9 Å². The van der Waals surface area contributed by atoms with Crippen molar-refractivity contribution in [2.75, 3.05) is 13.1 Å². The Hall–Kier alpha value is -1.89. The largest absolute Gasteiger partial charge is 0.416 e. The zero-order valence-corrected chi connectivity index (χ0v) is 14.0. The van der Waals surface area contributed by atoms with Gasteiger partial charge in [0.05, 0.1) is 5.56 Å². The predicted octanol–water partition coefficient (Wildman–Crippen LogP) is 4.70. The van der Waals surface area contributed by atoms with Gasteiger partial charge < -0.3 is 4.90 Å². The first-order valence-corrected chi connectivity index (χ1v) is 8.65. The van der Waals surface area contributed by atoms with Crippen LogP contribution >= 0.6 is 11.3 Å². The maximum atomic E-state index is 12.8. The Kier molecular flexibility index (Phi) is 4.62. The normalized spacial score (nSPS) is 16.4. The molecule has 3 nitrogen and oxygen atoms in total.